The maximum atomic E-state index is 12.9. The maximum Gasteiger partial charge on any atom is 0.258 e. The molecule has 1 amide bonds. The summed E-state index contributed by atoms with van der Waals surface area (Å²) in [4.78, 5) is 19.0. The lowest BCUT2D eigenvalue weighted by atomic mass is 10.1. The Labute approximate surface area is 139 Å². The Hall–Kier alpha value is -1.89. The average Bonchev–Trinajstić information content (AvgIpc) is 3.19. The number of nitrogens with zero attached hydrogens (tertiary/aromatic N) is 5. The number of aromatic nitrogens is 4. The van der Waals surface area contributed by atoms with E-state index in [1.807, 2.05) is 13.8 Å². The van der Waals surface area contributed by atoms with Gasteiger partial charge >= 0.3 is 0 Å². The predicted octanol–water partition coefficient (Wildman–Crippen LogP) is 2.52. The molecule has 124 valence electrons. The van der Waals surface area contributed by atoms with Crippen LogP contribution >= 0.6 is 11.6 Å². The Kier molecular flexibility index (Phi) is 4.14. The van der Waals surface area contributed by atoms with Crippen LogP contribution in [0.25, 0.3) is 0 Å². The van der Waals surface area contributed by atoms with Gasteiger partial charge in [0, 0.05) is 20.1 Å². The lowest BCUT2D eigenvalue weighted by Gasteiger charge is -2.16. The van der Waals surface area contributed by atoms with Crippen LogP contribution in [0.5, 0.6) is 0 Å². The Morgan fingerprint density at radius 1 is 1.43 bits per heavy atom. The zero-order valence-corrected chi connectivity index (χ0v) is 14.5. The summed E-state index contributed by atoms with van der Waals surface area (Å²) in [5, 5.41) is 8.58. The second kappa shape index (κ2) is 5.96. The number of amides is 1. The van der Waals surface area contributed by atoms with Gasteiger partial charge in [-0.3, -0.25) is 9.48 Å². The van der Waals surface area contributed by atoms with Crippen molar-refractivity contribution in [3.63, 3.8) is 0 Å². The molecule has 0 N–H and O–H groups in total. The first-order chi connectivity index (χ1) is 10.9. The number of carbonyl (C=O) groups is 1. The van der Waals surface area contributed by atoms with E-state index < -0.39 is 0 Å². The first-order valence-corrected chi connectivity index (χ1v) is 8.08. The van der Waals surface area contributed by atoms with E-state index in [1.54, 1.807) is 23.6 Å². The van der Waals surface area contributed by atoms with Gasteiger partial charge in [0.05, 0.1) is 17.2 Å². The third-order valence-electron chi connectivity index (χ3n) is 4.13. The number of likely N-dealkylation sites (tertiary alicyclic amines) is 1. The van der Waals surface area contributed by atoms with E-state index in [-0.39, 0.29) is 17.7 Å². The number of halogens is 1. The van der Waals surface area contributed by atoms with Gasteiger partial charge in [0.25, 0.3) is 5.91 Å². The minimum absolute atomic E-state index is 0.0782. The molecule has 0 spiro atoms. The minimum Gasteiger partial charge on any atom is -0.339 e. The first-order valence-electron chi connectivity index (χ1n) is 7.70. The highest BCUT2D eigenvalue weighted by Crippen LogP contribution is 2.31. The standard InChI is InChI=1S/C15H20ClN5O2/c1-8(2)12-11(13(16)20(4)18-12)15(22)21-6-5-10(7-21)14-17-9(3)19-23-14/h8,10H,5-7H2,1-4H3/t10-/m0/s1. The van der Waals surface area contributed by atoms with Gasteiger partial charge in [-0.05, 0) is 19.3 Å². The van der Waals surface area contributed by atoms with Crippen molar-refractivity contribution in [1.29, 1.82) is 0 Å². The van der Waals surface area contributed by atoms with Crippen molar-refractivity contribution in [3.05, 3.63) is 28.1 Å². The van der Waals surface area contributed by atoms with Crippen molar-refractivity contribution in [2.75, 3.05) is 13.1 Å². The van der Waals surface area contributed by atoms with Crippen LogP contribution in [-0.4, -0.2) is 43.8 Å². The smallest absolute Gasteiger partial charge is 0.258 e. The van der Waals surface area contributed by atoms with Crippen molar-refractivity contribution >= 4 is 17.5 Å². The Bertz CT molecular complexity index is 736. The van der Waals surface area contributed by atoms with Crippen molar-refractivity contribution in [1.82, 2.24) is 24.8 Å². The van der Waals surface area contributed by atoms with E-state index in [4.69, 9.17) is 16.1 Å². The van der Waals surface area contributed by atoms with Crippen LogP contribution in [0.1, 0.15) is 59.9 Å². The topological polar surface area (TPSA) is 77.0 Å². The molecule has 0 bridgehead atoms. The fourth-order valence-electron chi connectivity index (χ4n) is 2.91. The summed E-state index contributed by atoms with van der Waals surface area (Å²) in [6.45, 7) is 7.00. The van der Waals surface area contributed by atoms with E-state index in [2.05, 4.69) is 15.2 Å². The van der Waals surface area contributed by atoms with E-state index in [0.29, 0.717) is 35.5 Å². The molecule has 2 aromatic heterocycles. The summed E-state index contributed by atoms with van der Waals surface area (Å²) in [5.41, 5.74) is 1.24. The molecule has 1 fully saturated rings. The van der Waals surface area contributed by atoms with E-state index in [1.165, 1.54) is 0 Å². The highest BCUT2D eigenvalue weighted by molar-refractivity contribution is 6.33. The number of carbonyl (C=O) groups excluding carboxylic acids is 1. The van der Waals surface area contributed by atoms with Gasteiger partial charge in [-0.15, -0.1) is 0 Å². The summed E-state index contributed by atoms with van der Waals surface area (Å²) in [7, 11) is 1.75. The molecular weight excluding hydrogens is 318 g/mol. The fourth-order valence-corrected chi connectivity index (χ4v) is 3.12. The third-order valence-corrected chi connectivity index (χ3v) is 4.57. The second-order valence-corrected chi connectivity index (χ2v) is 6.60. The molecule has 0 unspecified atom stereocenters. The zero-order chi connectivity index (χ0) is 16.7. The van der Waals surface area contributed by atoms with Crippen LogP contribution in [0.2, 0.25) is 5.15 Å². The summed E-state index contributed by atoms with van der Waals surface area (Å²) in [6, 6.07) is 0. The van der Waals surface area contributed by atoms with E-state index >= 15 is 0 Å². The number of rotatable bonds is 3. The van der Waals surface area contributed by atoms with Crippen molar-refractivity contribution in [3.8, 4) is 0 Å². The number of hydrogen-bond acceptors (Lipinski definition) is 5. The SMILES string of the molecule is Cc1noc([C@H]2CCN(C(=O)c3c(C(C)C)nn(C)c3Cl)C2)n1. The van der Waals surface area contributed by atoms with Gasteiger partial charge in [-0.1, -0.05) is 30.6 Å². The maximum absolute atomic E-state index is 12.9. The third kappa shape index (κ3) is 2.85. The van der Waals surface area contributed by atoms with E-state index in [0.717, 1.165) is 12.1 Å². The van der Waals surface area contributed by atoms with Crippen molar-refractivity contribution in [2.45, 2.75) is 39.0 Å². The molecule has 7 nitrogen and oxygen atoms in total. The number of hydrogen-bond donors (Lipinski definition) is 0. The lowest BCUT2D eigenvalue weighted by Crippen LogP contribution is -2.29. The highest BCUT2D eigenvalue weighted by Gasteiger charge is 2.34. The monoisotopic (exact) mass is 337 g/mol. The van der Waals surface area contributed by atoms with Crippen LogP contribution in [-0.2, 0) is 7.05 Å². The summed E-state index contributed by atoms with van der Waals surface area (Å²) >= 11 is 6.30. The van der Waals surface area contributed by atoms with Gasteiger partial charge in [0.2, 0.25) is 5.89 Å². The predicted molar refractivity (Wildman–Crippen MR) is 84.6 cm³/mol. The summed E-state index contributed by atoms with van der Waals surface area (Å²) in [6.07, 6.45) is 0.808. The van der Waals surface area contributed by atoms with Crippen molar-refractivity contribution in [2.24, 2.45) is 7.05 Å². The Morgan fingerprint density at radius 3 is 2.78 bits per heavy atom. The normalized spacial score (nSPS) is 18.2. The molecule has 1 aliphatic heterocycles. The molecule has 1 atom stereocenters. The molecule has 0 aromatic carbocycles. The second-order valence-electron chi connectivity index (χ2n) is 6.25. The van der Waals surface area contributed by atoms with E-state index in [9.17, 15) is 4.79 Å². The minimum atomic E-state index is -0.0782. The van der Waals surface area contributed by atoms with Crippen LogP contribution in [0.15, 0.2) is 4.52 Å². The van der Waals surface area contributed by atoms with Gasteiger partial charge in [0.15, 0.2) is 5.82 Å². The molecule has 3 rings (SSSR count). The average molecular weight is 338 g/mol. The molecule has 8 heteroatoms. The Balaban J connectivity index is 1.82. The molecule has 0 aliphatic carbocycles. The van der Waals surface area contributed by atoms with Crippen molar-refractivity contribution < 1.29 is 9.32 Å². The van der Waals surface area contributed by atoms with Crippen LogP contribution < -0.4 is 0 Å². The van der Waals surface area contributed by atoms with Gasteiger partial charge in [0.1, 0.15) is 5.15 Å². The molecule has 1 aliphatic rings. The lowest BCUT2D eigenvalue weighted by molar-refractivity contribution is 0.0788. The summed E-state index contributed by atoms with van der Waals surface area (Å²) in [5.74, 6) is 1.34. The Morgan fingerprint density at radius 2 is 2.17 bits per heavy atom. The molecule has 3 heterocycles. The fraction of sp³-hybridized carbons (Fsp3) is 0.600. The molecule has 2 aromatic rings. The highest BCUT2D eigenvalue weighted by atomic mass is 35.5. The van der Waals surface area contributed by atoms with Crippen LogP contribution in [0.3, 0.4) is 0 Å². The molecule has 23 heavy (non-hydrogen) atoms. The molecule has 0 radical (unpaired) electrons. The zero-order valence-electron chi connectivity index (χ0n) is 13.7. The van der Waals surface area contributed by atoms with Crippen LogP contribution in [0, 0.1) is 6.92 Å². The van der Waals surface area contributed by atoms with Gasteiger partial charge in [-0.25, -0.2) is 0 Å². The van der Waals surface area contributed by atoms with Gasteiger partial charge < -0.3 is 9.42 Å². The number of aryl methyl sites for hydroxylation is 2. The largest absolute Gasteiger partial charge is 0.339 e. The molecule has 1 saturated heterocycles. The molecule has 0 saturated carbocycles. The van der Waals surface area contributed by atoms with Gasteiger partial charge in [-0.2, -0.15) is 10.1 Å². The summed E-state index contributed by atoms with van der Waals surface area (Å²) < 4.78 is 6.78. The molecular formula is C15H20ClN5O2. The quantitative estimate of drug-likeness (QED) is 0.860. The van der Waals surface area contributed by atoms with Crippen LogP contribution in [0.4, 0.5) is 0 Å². The first kappa shape index (κ1) is 16.0.